The van der Waals surface area contributed by atoms with Gasteiger partial charge in [-0.25, -0.2) is 0 Å². The number of Topliss-reactive ketones (excluding diaryl/α,β-unsaturated/α-hetero) is 1. The minimum atomic E-state index is 0.253. The lowest BCUT2D eigenvalue weighted by Crippen LogP contribution is -2.19. The maximum atomic E-state index is 11.2. The summed E-state index contributed by atoms with van der Waals surface area (Å²) in [5.41, 5.74) is 1.81. The first-order valence-corrected chi connectivity index (χ1v) is 5.56. The number of anilines is 1. The Morgan fingerprint density at radius 1 is 1.27 bits per heavy atom. The van der Waals surface area contributed by atoms with Crippen LogP contribution in [-0.4, -0.2) is 18.9 Å². The average Bonchev–Trinajstić information content (AvgIpc) is 2.58. The van der Waals surface area contributed by atoms with Crippen molar-refractivity contribution in [3.8, 4) is 0 Å². The molecule has 0 amide bonds. The van der Waals surface area contributed by atoms with Gasteiger partial charge >= 0.3 is 0 Å². The predicted octanol–water partition coefficient (Wildman–Crippen LogP) is 3.08. The second-order valence-electron chi connectivity index (χ2n) is 3.76. The molecular formula is C11H11Cl2NO. The average molecular weight is 244 g/mol. The lowest BCUT2D eigenvalue weighted by Gasteiger charge is -2.19. The normalized spacial score (nSPS) is 16.2. The molecule has 1 aromatic rings. The third kappa shape index (κ3) is 2.11. The fraction of sp³-hybridized carbons (Fsp3) is 0.364. The van der Waals surface area contributed by atoms with Crippen LogP contribution in [0.4, 0.5) is 5.69 Å². The molecule has 0 aromatic heterocycles. The lowest BCUT2D eigenvalue weighted by atomic mass is 10.2. The van der Waals surface area contributed by atoms with Crippen LogP contribution in [0.2, 0.25) is 10.0 Å². The van der Waals surface area contributed by atoms with Crippen LogP contribution in [0.25, 0.3) is 0 Å². The van der Waals surface area contributed by atoms with E-state index in [0.29, 0.717) is 23.0 Å². The van der Waals surface area contributed by atoms with Crippen LogP contribution in [0.1, 0.15) is 12.0 Å². The zero-order valence-corrected chi connectivity index (χ0v) is 9.90. The molecule has 0 N–H and O–H groups in total. The van der Waals surface area contributed by atoms with Crippen molar-refractivity contribution >= 4 is 34.7 Å². The Morgan fingerprint density at radius 2 is 2.00 bits per heavy atom. The monoisotopic (exact) mass is 243 g/mol. The molecule has 1 heterocycles. The van der Waals surface area contributed by atoms with Crippen LogP contribution >= 0.6 is 23.2 Å². The van der Waals surface area contributed by atoms with Gasteiger partial charge < -0.3 is 4.90 Å². The van der Waals surface area contributed by atoms with Gasteiger partial charge in [-0.1, -0.05) is 23.2 Å². The Bertz CT molecular complexity index is 417. The number of nitrogens with zero attached hydrogens (tertiary/aromatic N) is 1. The molecule has 0 spiro atoms. The molecule has 1 fully saturated rings. The highest BCUT2D eigenvalue weighted by atomic mass is 35.5. The van der Waals surface area contributed by atoms with Gasteiger partial charge in [0.05, 0.1) is 17.3 Å². The molecular weight excluding hydrogens is 233 g/mol. The number of carbonyl (C=O) groups excluding carboxylic acids is 1. The Labute approximate surface area is 98.8 Å². The molecule has 15 heavy (non-hydrogen) atoms. The number of benzene rings is 1. The molecule has 2 rings (SSSR count). The molecule has 0 bridgehead atoms. The molecule has 0 aliphatic carbocycles. The quantitative estimate of drug-likeness (QED) is 0.756. The number of hydrogen-bond donors (Lipinski definition) is 0. The van der Waals surface area contributed by atoms with Crippen LogP contribution < -0.4 is 4.90 Å². The number of rotatable bonds is 1. The highest BCUT2D eigenvalue weighted by Gasteiger charge is 2.21. The number of ketones is 1. The van der Waals surface area contributed by atoms with E-state index < -0.39 is 0 Å². The maximum absolute atomic E-state index is 11.2. The van der Waals surface area contributed by atoms with E-state index in [2.05, 4.69) is 0 Å². The maximum Gasteiger partial charge on any atom is 0.153 e. The highest BCUT2D eigenvalue weighted by molar-refractivity contribution is 6.35. The van der Waals surface area contributed by atoms with Gasteiger partial charge in [0.1, 0.15) is 0 Å². The molecule has 0 saturated carbocycles. The molecule has 0 atom stereocenters. The summed E-state index contributed by atoms with van der Waals surface area (Å²) < 4.78 is 0. The van der Waals surface area contributed by atoms with E-state index >= 15 is 0 Å². The summed E-state index contributed by atoms with van der Waals surface area (Å²) in [6, 6.07) is 3.67. The summed E-state index contributed by atoms with van der Waals surface area (Å²) in [6.07, 6.45) is 0.599. The molecule has 1 aromatic carbocycles. The molecule has 80 valence electrons. The summed E-state index contributed by atoms with van der Waals surface area (Å²) in [5, 5.41) is 1.35. The summed E-state index contributed by atoms with van der Waals surface area (Å²) in [6.45, 7) is 3.09. The number of aryl methyl sites for hydroxylation is 1. The van der Waals surface area contributed by atoms with Crippen LogP contribution in [-0.2, 0) is 4.79 Å². The van der Waals surface area contributed by atoms with Crippen LogP contribution in [0.15, 0.2) is 12.1 Å². The molecule has 0 unspecified atom stereocenters. The van der Waals surface area contributed by atoms with Gasteiger partial charge in [0.15, 0.2) is 5.78 Å². The van der Waals surface area contributed by atoms with E-state index in [9.17, 15) is 4.79 Å². The first kappa shape index (κ1) is 10.8. The van der Waals surface area contributed by atoms with Crippen LogP contribution in [0.5, 0.6) is 0 Å². The fourth-order valence-electron chi connectivity index (χ4n) is 1.71. The third-order valence-corrected chi connectivity index (χ3v) is 3.31. The first-order valence-electron chi connectivity index (χ1n) is 4.80. The van der Waals surface area contributed by atoms with Crippen molar-refractivity contribution in [2.45, 2.75) is 13.3 Å². The predicted molar refractivity (Wildman–Crippen MR) is 63.0 cm³/mol. The summed E-state index contributed by atoms with van der Waals surface area (Å²) in [4.78, 5) is 13.1. The zero-order chi connectivity index (χ0) is 11.0. The van der Waals surface area contributed by atoms with Crippen LogP contribution in [0.3, 0.4) is 0 Å². The Morgan fingerprint density at radius 3 is 2.60 bits per heavy atom. The van der Waals surface area contributed by atoms with Crippen molar-refractivity contribution in [3.63, 3.8) is 0 Å². The molecule has 0 radical (unpaired) electrons. The lowest BCUT2D eigenvalue weighted by molar-refractivity contribution is -0.116. The van der Waals surface area contributed by atoms with E-state index in [4.69, 9.17) is 23.2 Å². The Hall–Kier alpha value is -0.730. The van der Waals surface area contributed by atoms with E-state index in [1.165, 1.54) is 0 Å². The van der Waals surface area contributed by atoms with Crippen molar-refractivity contribution in [3.05, 3.63) is 27.7 Å². The largest absolute Gasteiger partial charge is 0.363 e. The summed E-state index contributed by atoms with van der Waals surface area (Å²) >= 11 is 12.1. The van der Waals surface area contributed by atoms with Crippen LogP contribution in [0, 0.1) is 6.92 Å². The van der Waals surface area contributed by atoms with Gasteiger partial charge in [0.25, 0.3) is 0 Å². The highest BCUT2D eigenvalue weighted by Crippen LogP contribution is 2.32. The molecule has 2 nitrogen and oxygen atoms in total. The smallest absolute Gasteiger partial charge is 0.153 e. The minimum absolute atomic E-state index is 0.253. The van der Waals surface area contributed by atoms with Gasteiger partial charge in [-0.15, -0.1) is 0 Å². The second kappa shape index (κ2) is 4.03. The third-order valence-electron chi connectivity index (χ3n) is 2.60. The zero-order valence-electron chi connectivity index (χ0n) is 8.39. The van der Waals surface area contributed by atoms with Crippen molar-refractivity contribution < 1.29 is 4.79 Å². The summed E-state index contributed by atoms with van der Waals surface area (Å²) in [7, 11) is 0. The van der Waals surface area contributed by atoms with E-state index in [1.54, 1.807) is 0 Å². The van der Waals surface area contributed by atoms with Crippen molar-refractivity contribution in [1.82, 2.24) is 0 Å². The van der Waals surface area contributed by atoms with E-state index in [0.717, 1.165) is 17.8 Å². The summed E-state index contributed by atoms with van der Waals surface area (Å²) in [5.74, 6) is 0.253. The van der Waals surface area contributed by atoms with Crippen molar-refractivity contribution in [2.24, 2.45) is 0 Å². The number of hydrogen-bond acceptors (Lipinski definition) is 2. The molecule has 1 aliphatic heterocycles. The molecule has 4 heteroatoms. The molecule has 1 aliphatic rings. The van der Waals surface area contributed by atoms with Gasteiger partial charge in [-0.05, 0) is 24.6 Å². The number of carbonyl (C=O) groups is 1. The Kier molecular flexibility index (Phi) is 2.89. The second-order valence-corrected chi connectivity index (χ2v) is 4.58. The molecule has 1 saturated heterocycles. The van der Waals surface area contributed by atoms with Gasteiger partial charge in [-0.3, -0.25) is 4.79 Å². The van der Waals surface area contributed by atoms with Crippen molar-refractivity contribution in [1.29, 1.82) is 0 Å². The van der Waals surface area contributed by atoms with E-state index in [-0.39, 0.29) is 5.78 Å². The Balaban J connectivity index is 2.36. The minimum Gasteiger partial charge on any atom is -0.363 e. The van der Waals surface area contributed by atoms with Gasteiger partial charge in [0.2, 0.25) is 0 Å². The topological polar surface area (TPSA) is 20.3 Å². The number of halogens is 2. The van der Waals surface area contributed by atoms with E-state index in [1.807, 2.05) is 24.0 Å². The standard InChI is InChI=1S/C11H11Cl2NO/c1-7-4-10(13)11(5-9(7)12)14-3-2-8(15)6-14/h4-5H,2-3,6H2,1H3. The first-order chi connectivity index (χ1) is 7.08. The van der Waals surface area contributed by atoms with Gasteiger partial charge in [-0.2, -0.15) is 0 Å². The fourth-order valence-corrected chi connectivity index (χ4v) is 2.21. The SMILES string of the molecule is Cc1cc(Cl)c(N2CCC(=O)C2)cc1Cl. The van der Waals surface area contributed by atoms with Gasteiger partial charge in [0, 0.05) is 18.0 Å². The van der Waals surface area contributed by atoms with Crippen molar-refractivity contribution in [2.75, 3.05) is 18.0 Å².